The van der Waals surface area contributed by atoms with Crippen LogP contribution >= 0.6 is 23.4 Å². The zero-order valence-electron chi connectivity index (χ0n) is 11.2. The van der Waals surface area contributed by atoms with E-state index in [4.69, 9.17) is 16.3 Å². The van der Waals surface area contributed by atoms with Crippen LogP contribution < -0.4 is 10.1 Å². The average Bonchev–Trinajstić information content (AvgIpc) is 2.88. The van der Waals surface area contributed by atoms with Crippen molar-refractivity contribution in [2.45, 2.75) is 10.8 Å². The monoisotopic (exact) mass is 305 g/mol. The fraction of sp³-hybridized carbons (Fsp3) is 0.250. The Morgan fingerprint density at radius 3 is 2.95 bits per heavy atom. The summed E-state index contributed by atoms with van der Waals surface area (Å²) in [6.07, 6.45) is 0. The van der Waals surface area contributed by atoms with Gasteiger partial charge in [0, 0.05) is 28.8 Å². The standard InChI is InChI=1S/C16H16ClNOS/c1-19-15-7-6-12(8-14(15)17)18-9-11-10-20-16-5-3-2-4-13(11)16/h2-8,11,18H,9-10H2,1H3. The van der Waals surface area contributed by atoms with Crippen molar-refractivity contribution in [2.24, 2.45) is 0 Å². The van der Waals surface area contributed by atoms with Gasteiger partial charge >= 0.3 is 0 Å². The molecule has 3 rings (SSSR count). The predicted molar refractivity (Wildman–Crippen MR) is 86.4 cm³/mol. The van der Waals surface area contributed by atoms with Crippen LogP contribution in [0.4, 0.5) is 5.69 Å². The molecule has 0 saturated heterocycles. The Labute approximate surface area is 128 Å². The van der Waals surface area contributed by atoms with Crippen LogP contribution in [-0.2, 0) is 0 Å². The molecule has 0 saturated carbocycles. The third-order valence-electron chi connectivity index (χ3n) is 3.50. The topological polar surface area (TPSA) is 21.3 Å². The molecule has 1 heterocycles. The molecule has 4 heteroatoms. The third kappa shape index (κ3) is 2.74. The number of fused-ring (bicyclic) bond motifs is 1. The van der Waals surface area contributed by atoms with Crippen LogP contribution in [0.15, 0.2) is 47.4 Å². The van der Waals surface area contributed by atoms with Gasteiger partial charge in [0.05, 0.1) is 12.1 Å². The van der Waals surface area contributed by atoms with E-state index in [1.54, 1.807) is 7.11 Å². The van der Waals surface area contributed by atoms with E-state index in [1.165, 1.54) is 10.5 Å². The van der Waals surface area contributed by atoms with Crippen LogP contribution in [-0.4, -0.2) is 19.4 Å². The van der Waals surface area contributed by atoms with E-state index in [9.17, 15) is 0 Å². The fourth-order valence-electron chi connectivity index (χ4n) is 2.42. The Kier molecular flexibility index (Phi) is 4.08. The Morgan fingerprint density at radius 2 is 2.15 bits per heavy atom. The lowest BCUT2D eigenvalue weighted by Crippen LogP contribution is -2.12. The van der Waals surface area contributed by atoms with Crippen molar-refractivity contribution in [1.82, 2.24) is 0 Å². The van der Waals surface area contributed by atoms with Gasteiger partial charge in [-0.15, -0.1) is 11.8 Å². The lowest BCUT2D eigenvalue weighted by atomic mass is 10.0. The van der Waals surface area contributed by atoms with Crippen molar-refractivity contribution < 1.29 is 4.74 Å². The number of methoxy groups -OCH3 is 1. The molecule has 0 fully saturated rings. The Balaban J connectivity index is 1.67. The van der Waals surface area contributed by atoms with Crippen molar-refractivity contribution in [3.05, 3.63) is 53.1 Å². The zero-order valence-corrected chi connectivity index (χ0v) is 12.8. The second kappa shape index (κ2) is 5.98. The van der Waals surface area contributed by atoms with E-state index in [0.29, 0.717) is 16.7 Å². The third-order valence-corrected chi connectivity index (χ3v) is 5.05. The summed E-state index contributed by atoms with van der Waals surface area (Å²) >= 11 is 8.07. The molecule has 20 heavy (non-hydrogen) atoms. The molecule has 2 aromatic carbocycles. The van der Waals surface area contributed by atoms with Gasteiger partial charge in [0.25, 0.3) is 0 Å². The summed E-state index contributed by atoms with van der Waals surface area (Å²) in [6, 6.07) is 14.4. The lowest BCUT2D eigenvalue weighted by Gasteiger charge is -2.14. The molecule has 0 aliphatic carbocycles. The van der Waals surface area contributed by atoms with Gasteiger partial charge in [0.15, 0.2) is 0 Å². The summed E-state index contributed by atoms with van der Waals surface area (Å²) < 4.78 is 5.16. The summed E-state index contributed by atoms with van der Waals surface area (Å²) in [5.74, 6) is 2.40. The van der Waals surface area contributed by atoms with Gasteiger partial charge in [0.2, 0.25) is 0 Å². The van der Waals surface area contributed by atoms with Crippen LogP contribution in [0.25, 0.3) is 0 Å². The molecule has 1 aliphatic rings. The van der Waals surface area contributed by atoms with E-state index < -0.39 is 0 Å². The SMILES string of the molecule is COc1ccc(NCC2CSc3ccccc32)cc1Cl. The first-order valence-corrected chi connectivity index (χ1v) is 7.93. The maximum atomic E-state index is 6.14. The number of benzene rings is 2. The molecule has 1 N–H and O–H groups in total. The van der Waals surface area contributed by atoms with Crippen LogP contribution in [0.1, 0.15) is 11.5 Å². The van der Waals surface area contributed by atoms with Crippen molar-refractivity contribution in [2.75, 3.05) is 24.7 Å². The summed E-state index contributed by atoms with van der Waals surface area (Å²) in [6.45, 7) is 0.923. The molecule has 0 amide bonds. The molecule has 2 aromatic rings. The quantitative estimate of drug-likeness (QED) is 0.888. The summed E-state index contributed by atoms with van der Waals surface area (Å²) in [5.41, 5.74) is 2.48. The smallest absolute Gasteiger partial charge is 0.137 e. The minimum absolute atomic E-state index is 0.553. The number of thioether (sulfide) groups is 1. The maximum Gasteiger partial charge on any atom is 0.137 e. The number of hydrogen-bond donors (Lipinski definition) is 1. The predicted octanol–water partition coefficient (Wildman–Crippen LogP) is 4.65. The van der Waals surface area contributed by atoms with E-state index >= 15 is 0 Å². The minimum Gasteiger partial charge on any atom is -0.495 e. The highest BCUT2D eigenvalue weighted by Crippen LogP contribution is 2.39. The minimum atomic E-state index is 0.553. The molecule has 104 valence electrons. The molecular weight excluding hydrogens is 290 g/mol. The highest BCUT2D eigenvalue weighted by Gasteiger charge is 2.22. The van der Waals surface area contributed by atoms with Crippen molar-refractivity contribution in [3.63, 3.8) is 0 Å². The van der Waals surface area contributed by atoms with Crippen LogP contribution in [0.5, 0.6) is 5.75 Å². The summed E-state index contributed by atoms with van der Waals surface area (Å²) in [5, 5.41) is 4.10. The van der Waals surface area contributed by atoms with Crippen molar-refractivity contribution in [3.8, 4) is 5.75 Å². The molecule has 1 unspecified atom stereocenters. The van der Waals surface area contributed by atoms with Gasteiger partial charge in [-0.2, -0.15) is 0 Å². The van der Waals surface area contributed by atoms with Crippen molar-refractivity contribution >= 4 is 29.1 Å². The number of hydrogen-bond acceptors (Lipinski definition) is 3. The van der Waals surface area contributed by atoms with Gasteiger partial charge in [-0.25, -0.2) is 0 Å². The average molecular weight is 306 g/mol. The Hall–Kier alpha value is -1.32. The van der Waals surface area contributed by atoms with Crippen LogP contribution in [0.2, 0.25) is 5.02 Å². The largest absolute Gasteiger partial charge is 0.495 e. The maximum absolute atomic E-state index is 6.14. The van der Waals surface area contributed by atoms with Gasteiger partial charge < -0.3 is 10.1 Å². The van der Waals surface area contributed by atoms with Crippen molar-refractivity contribution in [1.29, 1.82) is 0 Å². The molecular formula is C16H16ClNOS. The Morgan fingerprint density at radius 1 is 1.30 bits per heavy atom. The first-order valence-electron chi connectivity index (χ1n) is 6.57. The molecule has 0 bridgehead atoms. The second-order valence-electron chi connectivity index (χ2n) is 4.78. The highest BCUT2D eigenvalue weighted by molar-refractivity contribution is 7.99. The summed E-state index contributed by atoms with van der Waals surface area (Å²) in [7, 11) is 1.63. The normalized spacial score (nSPS) is 16.8. The van der Waals surface area contributed by atoms with Crippen LogP contribution in [0, 0.1) is 0 Å². The van der Waals surface area contributed by atoms with E-state index in [-0.39, 0.29) is 0 Å². The number of rotatable bonds is 4. The molecule has 0 radical (unpaired) electrons. The number of ether oxygens (including phenoxy) is 1. The van der Waals surface area contributed by atoms with Gasteiger partial charge in [0.1, 0.15) is 5.75 Å². The molecule has 0 spiro atoms. The highest BCUT2D eigenvalue weighted by atomic mass is 35.5. The molecule has 2 nitrogen and oxygen atoms in total. The second-order valence-corrected chi connectivity index (χ2v) is 6.25. The van der Waals surface area contributed by atoms with E-state index in [0.717, 1.165) is 18.0 Å². The van der Waals surface area contributed by atoms with E-state index in [1.807, 2.05) is 30.0 Å². The fourth-order valence-corrected chi connectivity index (χ4v) is 3.93. The van der Waals surface area contributed by atoms with Gasteiger partial charge in [-0.1, -0.05) is 29.8 Å². The lowest BCUT2D eigenvalue weighted by molar-refractivity contribution is 0.415. The first kappa shape index (κ1) is 13.7. The molecule has 1 atom stereocenters. The first-order chi connectivity index (χ1) is 9.78. The molecule has 1 aliphatic heterocycles. The molecule has 0 aromatic heterocycles. The number of halogens is 1. The number of nitrogens with one attached hydrogen (secondary N) is 1. The summed E-state index contributed by atoms with van der Waals surface area (Å²) in [4.78, 5) is 1.41. The van der Waals surface area contributed by atoms with E-state index in [2.05, 4.69) is 29.6 Å². The van der Waals surface area contributed by atoms with Crippen LogP contribution in [0.3, 0.4) is 0 Å². The Bertz CT molecular complexity index is 617. The number of anilines is 1. The zero-order chi connectivity index (χ0) is 13.9. The van der Waals surface area contributed by atoms with Gasteiger partial charge in [-0.3, -0.25) is 0 Å². The van der Waals surface area contributed by atoms with Gasteiger partial charge in [-0.05, 0) is 29.8 Å².